The highest BCUT2D eigenvalue weighted by molar-refractivity contribution is 7.89. The zero-order valence-electron chi connectivity index (χ0n) is 22.1. The lowest BCUT2D eigenvalue weighted by Gasteiger charge is -2.45. The number of aliphatic hydroxyl groups excluding tert-OH is 1. The van der Waals surface area contributed by atoms with Crippen LogP contribution in [0, 0.1) is 11.8 Å². The minimum absolute atomic E-state index is 0.133. The molecule has 1 aliphatic heterocycles. The molecular formula is C30H37ClN2O5S. The molecule has 2 aromatic rings. The average Bonchev–Trinajstić information content (AvgIpc) is 3.03. The van der Waals surface area contributed by atoms with E-state index in [9.17, 15) is 19.6 Å². The molecule has 39 heavy (non-hydrogen) atoms. The Morgan fingerprint density at radius 3 is 2.90 bits per heavy atom. The number of aliphatic hydroxyl groups is 1. The number of aryl methyl sites for hydroxylation is 1. The van der Waals surface area contributed by atoms with Crippen LogP contribution in [0.5, 0.6) is 5.75 Å². The molecule has 1 fully saturated rings. The van der Waals surface area contributed by atoms with Gasteiger partial charge in [-0.15, -0.1) is 0 Å². The molecule has 0 radical (unpaired) electrons. The summed E-state index contributed by atoms with van der Waals surface area (Å²) < 4.78 is 17.5. The van der Waals surface area contributed by atoms with Crippen LogP contribution in [0.3, 0.4) is 0 Å². The molecule has 0 bridgehead atoms. The summed E-state index contributed by atoms with van der Waals surface area (Å²) in [7, 11) is 0. The average molecular weight is 573 g/mol. The number of benzene rings is 2. The molecule has 4 N–H and O–H groups in total. The van der Waals surface area contributed by atoms with Gasteiger partial charge in [0.25, 0.3) is 0 Å². The van der Waals surface area contributed by atoms with Crippen molar-refractivity contribution in [3.8, 4) is 5.75 Å². The molecule has 5 rings (SSSR count). The number of ether oxygens (including phenoxy) is 1. The topological polar surface area (TPSA) is 119 Å². The highest BCUT2D eigenvalue weighted by Gasteiger charge is 2.44. The van der Waals surface area contributed by atoms with Gasteiger partial charge in [0.15, 0.2) is 0 Å². The maximum Gasteiger partial charge on any atom is 0.335 e. The van der Waals surface area contributed by atoms with Crippen molar-refractivity contribution in [1.82, 2.24) is 0 Å². The van der Waals surface area contributed by atoms with Crippen LogP contribution < -0.4 is 14.8 Å². The second kappa shape index (κ2) is 12.1. The van der Waals surface area contributed by atoms with Gasteiger partial charge in [-0.25, -0.2) is 4.79 Å². The number of nitrogens with zero attached hydrogens (tertiary/aromatic N) is 1. The number of nitrogens with two attached hydrogens (primary N) is 1. The molecule has 4 unspecified atom stereocenters. The monoisotopic (exact) mass is 572 g/mol. The highest BCUT2D eigenvalue weighted by atomic mass is 35.5. The van der Waals surface area contributed by atoms with E-state index in [1.165, 1.54) is 11.1 Å². The highest BCUT2D eigenvalue weighted by Crippen LogP contribution is 2.46. The second-order valence-electron chi connectivity index (χ2n) is 11.2. The third-order valence-electron chi connectivity index (χ3n) is 8.70. The molecular weight excluding hydrogens is 536 g/mol. The van der Waals surface area contributed by atoms with Gasteiger partial charge in [0.1, 0.15) is 11.5 Å². The summed E-state index contributed by atoms with van der Waals surface area (Å²) in [4.78, 5) is 14.2. The number of fused-ring (bicyclic) bond motifs is 3. The number of hydrogen-bond donors (Lipinski definition) is 3. The third kappa shape index (κ3) is 6.25. The fourth-order valence-corrected chi connectivity index (χ4v) is 7.17. The normalized spacial score (nSPS) is 25.8. The van der Waals surface area contributed by atoms with E-state index in [1.54, 1.807) is 18.2 Å². The third-order valence-corrected chi connectivity index (χ3v) is 9.63. The quantitative estimate of drug-likeness (QED) is 0.223. The maximum atomic E-state index is 11.8. The minimum Gasteiger partial charge on any atom is -0.598 e. The summed E-state index contributed by atoms with van der Waals surface area (Å²) in [5, 5.41) is 26.7. The summed E-state index contributed by atoms with van der Waals surface area (Å²) in [6, 6.07) is 11.3. The number of halogens is 1. The van der Waals surface area contributed by atoms with Crippen molar-refractivity contribution in [2.45, 2.75) is 56.5 Å². The molecule has 210 valence electrons. The van der Waals surface area contributed by atoms with E-state index in [0.717, 1.165) is 55.7 Å². The van der Waals surface area contributed by atoms with Crippen LogP contribution in [-0.4, -0.2) is 52.3 Å². The van der Waals surface area contributed by atoms with E-state index in [2.05, 4.69) is 17.0 Å². The largest absolute Gasteiger partial charge is 0.598 e. The number of hydrogen-bond acceptors (Lipinski definition) is 6. The van der Waals surface area contributed by atoms with Crippen molar-refractivity contribution >= 4 is 34.6 Å². The zero-order chi connectivity index (χ0) is 27.6. The number of carboxylic acid groups (broad SMARTS) is 1. The van der Waals surface area contributed by atoms with E-state index < -0.39 is 23.4 Å². The lowest BCUT2D eigenvalue weighted by Crippen LogP contribution is -2.49. The summed E-state index contributed by atoms with van der Waals surface area (Å²) in [6.45, 7) is 1.94. The first kappa shape index (κ1) is 28.3. The van der Waals surface area contributed by atoms with Gasteiger partial charge in [-0.1, -0.05) is 29.8 Å². The Labute approximate surface area is 238 Å². The fourth-order valence-electron chi connectivity index (χ4n) is 6.52. The Kier molecular flexibility index (Phi) is 8.79. The summed E-state index contributed by atoms with van der Waals surface area (Å²) in [6.07, 6.45) is 9.68. The molecule has 2 aromatic carbocycles. The lowest BCUT2D eigenvalue weighted by molar-refractivity contribution is 0.0456. The van der Waals surface area contributed by atoms with Crippen molar-refractivity contribution in [2.24, 2.45) is 17.0 Å². The molecule has 0 aromatic heterocycles. The maximum absolute atomic E-state index is 11.8. The van der Waals surface area contributed by atoms with Crippen molar-refractivity contribution in [2.75, 3.05) is 30.3 Å². The first-order chi connectivity index (χ1) is 18.8. The predicted octanol–water partition coefficient (Wildman–Crippen LogP) is 4.86. The van der Waals surface area contributed by atoms with Gasteiger partial charge in [0.2, 0.25) is 0 Å². The standard InChI is InChI=1S/C30H37ClN2O5S/c31-23-9-11-25-20(15-23)5-4-13-30(25)18-33(26-16-21(29(35)36)8-12-28(26)38-19-30)17-22-7-10-24(22)27(34)6-2-1-3-14-39(32)37/h2,6,8-9,11-12,15-16,22,24,27,34H,1,3-5,7,10,13-14,17-19,32H2,(H,35,36)/b6-2+/t22?,24?,27?,30-,39?/m0/s1. The van der Waals surface area contributed by atoms with Crippen LogP contribution >= 0.6 is 11.6 Å². The number of allylic oxidation sites excluding steroid dienone is 1. The van der Waals surface area contributed by atoms with Crippen LogP contribution in [0.2, 0.25) is 5.02 Å². The van der Waals surface area contributed by atoms with Gasteiger partial charge in [-0.2, -0.15) is 5.14 Å². The van der Waals surface area contributed by atoms with Crippen LogP contribution in [-0.2, 0) is 23.2 Å². The van der Waals surface area contributed by atoms with Crippen molar-refractivity contribution in [3.05, 3.63) is 70.3 Å². The summed E-state index contributed by atoms with van der Waals surface area (Å²) in [5.74, 6) is 0.597. The first-order valence-corrected chi connectivity index (χ1v) is 15.5. The van der Waals surface area contributed by atoms with Crippen LogP contribution in [0.4, 0.5) is 5.69 Å². The first-order valence-electron chi connectivity index (χ1n) is 13.8. The number of carbonyl (C=O) groups is 1. The van der Waals surface area contributed by atoms with E-state index in [-0.39, 0.29) is 22.8 Å². The van der Waals surface area contributed by atoms with E-state index in [0.29, 0.717) is 31.2 Å². The molecule has 9 heteroatoms. The fraction of sp³-hybridized carbons (Fsp3) is 0.500. The van der Waals surface area contributed by atoms with Crippen molar-refractivity contribution in [1.29, 1.82) is 0 Å². The summed E-state index contributed by atoms with van der Waals surface area (Å²) in [5.41, 5.74) is 3.33. The minimum atomic E-state index is -1.29. The Morgan fingerprint density at radius 1 is 1.31 bits per heavy atom. The Balaban J connectivity index is 1.40. The van der Waals surface area contributed by atoms with Crippen molar-refractivity contribution in [3.63, 3.8) is 0 Å². The Bertz CT molecular complexity index is 1220. The number of anilines is 1. The number of aromatic carboxylic acids is 1. The SMILES string of the molecule is N[S+]([O-])CCC/C=C/C(O)C1CCC1CN1C[C@@]2(CCCc3cc(Cl)ccc32)COc2ccc(C(=O)O)cc21. The van der Waals surface area contributed by atoms with Gasteiger partial charge in [-0.3, -0.25) is 0 Å². The predicted molar refractivity (Wildman–Crippen MR) is 155 cm³/mol. The van der Waals surface area contributed by atoms with Gasteiger partial charge < -0.3 is 24.4 Å². The van der Waals surface area contributed by atoms with Crippen LogP contribution in [0.25, 0.3) is 0 Å². The number of carboxylic acids is 1. The van der Waals surface area contributed by atoms with Gasteiger partial charge >= 0.3 is 5.97 Å². The van der Waals surface area contributed by atoms with E-state index >= 15 is 0 Å². The molecule has 0 amide bonds. The number of unbranched alkanes of at least 4 members (excludes halogenated alkanes) is 1. The van der Waals surface area contributed by atoms with Crippen molar-refractivity contribution < 1.29 is 24.3 Å². The van der Waals surface area contributed by atoms with Gasteiger partial charge in [-0.05, 0) is 98.2 Å². The molecule has 3 aliphatic rings. The summed E-state index contributed by atoms with van der Waals surface area (Å²) >= 11 is 5.06. The van der Waals surface area contributed by atoms with Gasteiger partial charge in [0, 0.05) is 34.9 Å². The molecule has 0 saturated heterocycles. The second-order valence-corrected chi connectivity index (χ2v) is 12.8. The van der Waals surface area contributed by atoms with Crippen LogP contribution in [0.15, 0.2) is 48.6 Å². The zero-order valence-corrected chi connectivity index (χ0v) is 23.6. The molecule has 7 nitrogen and oxygen atoms in total. The molecule has 2 aliphatic carbocycles. The molecule has 1 saturated carbocycles. The molecule has 5 atom stereocenters. The molecule has 1 heterocycles. The Hall–Kier alpha value is -2.23. The van der Waals surface area contributed by atoms with Crippen LogP contribution in [0.1, 0.15) is 60.0 Å². The van der Waals surface area contributed by atoms with Gasteiger partial charge in [0.05, 0.1) is 24.0 Å². The van der Waals surface area contributed by atoms with E-state index in [1.807, 2.05) is 18.2 Å². The molecule has 1 spiro atoms. The lowest BCUT2D eigenvalue weighted by atomic mass is 9.68. The number of rotatable bonds is 9. The Morgan fingerprint density at radius 2 is 2.15 bits per heavy atom. The smallest absolute Gasteiger partial charge is 0.335 e. The van der Waals surface area contributed by atoms with E-state index in [4.69, 9.17) is 21.5 Å².